The van der Waals surface area contributed by atoms with E-state index < -0.39 is 70.9 Å². The molecule has 1 aliphatic heterocycles. The highest BCUT2D eigenvalue weighted by Crippen LogP contribution is 2.47. The molecule has 0 spiro atoms. The summed E-state index contributed by atoms with van der Waals surface area (Å²) in [5, 5.41) is 15.5. The molecule has 2 amide bonds. The number of benzene rings is 2. The van der Waals surface area contributed by atoms with Crippen LogP contribution in [0.5, 0.6) is 0 Å². The van der Waals surface area contributed by atoms with E-state index in [1.54, 1.807) is 18.2 Å². The van der Waals surface area contributed by atoms with Crippen molar-refractivity contribution in [1.82, 2.24) is 19.7 Å². The van der Waals surface area contributed by atoms with Crippen LogP contribution in [0.15, 0.2) is 77.8 Å². The number of halogens is 3. The molecule has 16 heteroatoms. The molecule has 6 rings (SSSR count). The van der Waals surface area contributed by atoms with Gasteiger partial charge in [0.1, 0.15) is 23.5 Å². The van der Waals surface area contributed by atoms with Crippen molar-refractivity contribution < 1.29 is 41.1 Å². The SMILES string of the molecule is O=C(Nc1ccc2c(cnn2C(=O)O)n1)[C@H]1C[C@@H](F)CN1C(=O)C1(c2ccc(NS(=O)(=O)c3ccccc3)cc2)CCC(F)(F)CC1. The Morgan fingerprint density at radius 3 is 2.28 bits per heavy atom. The number of carbonyl (C=O) groups is 3. The Bertz CT molecular complexity index is 1950. The number of amides is 2. The van der Waals surface area contributed by atoms with E-state index in [1.807, 2.05) is 0 Å². The van der Waals surface area contributed by atoms with Crippen LogP contribution in [0.2, 0.25) is 0 Å². The molecule has 1 saturated carbocycles. The quantitative estimate of drug-likeness (QED) is 0.253. The number of hydrogen-bond donors (Lipinski definition) is 3. The number of nitrogens with one attached hydrogen (secondary N) is 2. The summed E-state index contributed by atoms with van der Waals surface area (Å²) >= 11 is 0. The zero-order valence-electron chi connectivity index (χ0n) is 24.6. The molecule has 3 N–H and O–H groups in total. The molecule has 2 fully saturated rings. The van der Waals surface area contributed by atoms with Gasteiger partial charge in [-0.3, -0.25) is 14.3 Å². The third kappa shape index (κ3) is 6.24. The third-order valence-corrected chi connectivity index (χ3v) is 10.1. The number of nitrogens with zero attached hydrogens (tertiary/aromatic N) is 4. The second kappa shape index (κ2) is 12.0. The van der Waals surface area contributed by atoms with Crippen molar-refractivity contribution in [3.8, 4) is 0 Å². The van der Waals surface area contributed by atoms with Crippen molar-refractivity contribution in [2.45, 2.75) is 60.6 Å². The fourth-order valence-corrected chi connectivity index (χ4v) is 7.30. The Labute approximate surface area is 266 Å². The molecule has 2 aliphatic rings. The molecule has 3 heterocycles. The minimum absolute atomic E-state index is 0.0164. The number of carbonyl (C=O) groups excluding carboxylic acids is 2. The molecular weight excluding hydrogens is 641 g/mol. The van der Waals surface area contributed by atoms with Crippen molar-refractivity contribution >= 4 is 50.5 Å². The molecule has 2 atom stereocenters. The van der Waals surface area contributed by atoms with E-state index in [2.05, 4.69) is 20.1 Å². The van der Waals surface area contributed by atoms with Crippen molar-refractivity contribution in [2.24, 2.45) is 0 Å². The predicted molar refractivity (Wildman–Crippen MR) is 163 cm³/mol. The maximum atomic E-state index is 14.9. The Morgan fingerprint density at radius 1 is 0.936 bits per heavy atom. The van der Waals surface area contributed by atoms with Crippen LogP contribution in [0.25, 0.3) is 11.0 Å². The summed E-state index contributed by atoms with van der Waals surface area (Å²) in [6.45, 7) is -0.429. The van der Waals surface area contributed by atoms with Crippen LogP contribution >= 0.6 is 0 Å². The molecular formula is C31H29F3N6O6S. The van der Waals surface area contributed by atoms with E-state index in [0.29, 0.717) is 10.2 Å². The third-order valence-electron chi connectivity index (χ3n) is 8.66. The van der Waals surface area contributed by atoms with Crippen LogP contribution in [0.4, 0.5) is 29.5 Å². The number of alkyl halides is 3. The Balaban J connectivity index is 1.26. The monoisotopic (exact) mass is 670 g/mol. The molecule has 2 aromatic heterocycles. The second-order valence-electron chi connectivity index (χ2n) is 11.7. The highest BCUT2D eigenvalue weighted by molar-refractivity contribution is 7.92. The number of fused-ring (bicyclic) bond motifs is 1. The number of anilines is 2. The second-order valence-corrected chi connectivity index (χ2v) is 13.4. The van der Waals surface area contributed by atoms with Crippen LogP contribution in [0.3, 0.4) is 0 Å². The standard InChI is InChI=1S/C31H29F3N6O6S/c32-20-16-25(27(41)37-26-11-10-24-23(36-26)17-35-40(24)29(43)44)39(18-20)28(42)30(12-14-31(33,34)15-13-30)19-6-8-21(9-7-19)38-47(45,46)22-4-2-1-3-5-22/h1-11,17,20,25,38H,12-16,18H2,(H,43,44)(H,36,37,41)/t20-,25-/m1/s1. The summed E-state index contributed by atoms with van der Waals surface area (Å²) in [4.78, 5) is 44.4. The fourth-order valence-electron chi connectivity index (χ4n) is 6.22. The Morgan fingerprint density at radius 2 is 1.62 bits per heavy atom. The highest BCUT2D eigenvalue weighted by atomic mass is 32.2. The summed E-state index contributed by atoms with van der Waals surface area (Å²) in [5.74, 6) is -4.43. The van der Waals surface area contributed by atoms with Gasteiger partial charge in [0, 0.05) is 24.9 Å². The number of aromatic nitrogens is 3. The zero-order chi connectivity index (χ0) is 33.6. The van der Waals surface area contributed by atoms with Crippen LogP contribution in [0, 0.1) is 0 Å². The molecule has 4 aromatic rings. The van der Waals surface area contributed by atoms with E-state index in [9.17, 15) is 41.1 Å². The lowest BCUT2D eigenvalue weighted by molar-refractivity contribution is -0.146. The van der Waals surface area contributed by atoms with Gasteiger partial charge in [-0.2, -0.15) is 9.78 Å². The summed E-state index contributed by atoms with van der Waals surface area (Å²) < 4.78 is 72.5. The largest absolute Gasteiger partial charge is 0.463 e. The lowest BCUT2D eigenvalue weighted by Crippen LogP contribution is -2.54. The molecule has 1 saturated heterocycles. The number of rotatable bonds is 7. The molecule has 1 aliphatic carbocycles. The number of sulfonamides is 1. The number of likely N-dealkylation sites (tertiary alicyclic amines) is 1. The first-order chi connectivity index (χ1) is 22.3. The first-order valence-corrected chi connectivity index (χ1v) is 16.2. The van der Waals surface area contributed by atoms with Crippen molar-refractivity contribution in [3.05, 3.63) is 78.5 Å². The van der Waals surface area contributed by atoms with Gasteiger partial charge in [0.25, 0.3) is 10.0 Å². The van der Waals surface area contributed by atoms with E-state index in [4.69, 9.17) is 0 Å². The molecule has 47 heavy (non-hydrogen) atoms. The van der Waals surface area contributed by atoms with Crippen LogP contribution < -0.4 is 10.0 Å². The first-order valence-electron chi connectivity index (χ1n) is 14.7. The topological polar surface area (TPSA) is 164 Å². The van der Waals surface area contributed by atoms with Crippen LogP contribution in [0.1, 0.15) is 37.7 Å². The van der Waals surface area contributed by atoms with E-state index in [0.717, 1.165) is 4.90 Å². The van der Waals surface area contributed by atoms with Crippen molar-refractivity contribution in [2.75, 3.05) is 16.6 Å². The van der Waals surface area contributed by atoms with Gasteiger partial charge in [0.05, 0.1) is 28.6 Å². The van der Waals surface area contributed by atoms with E-state index in [1.165, 1.54) is 54.7 Å². The van der Waals surface area contributed by atoms with Gasteiger partial charge in [-0.1, -0.05) is 30.3 Å². The average molecular weight is 671 g/mol. The molecule has 2 aromatic carbocycles. The van der Waals surface area contributed by atoms with Gasteiger partial charge in [-0.25, -0.2) is 31.4 Å². The van der Waals surface area contributed by atoms with Crippen molar-refractivity contribution in [3.63, 3.8) is 0 Å². The maximum absolute atomic E-state index is 14.9. The maximum Gasteiger partial charge on any atom is 0.432 e. The lowest BCUT2D eigenvalue weighted by Gasteiger charge is -2.42. The summed E-state index contributed by atoms with van der Waals surface area (Å²) in [6, 6.07) is 14.9. The average Bonchev–Trinajstić information content (AvgIpc) is 3.65. The lowest BCUT2D eigenvalue weighted by atomic mass is 9.67. The minimum Gasteiger partial charge on any atom is -0.463 e. The Kier molecular flexibility index (Phi) is 8.15. The number of carboxylic acid groups (broad SMARTS) is 1. The Hall–Kier alpha value is -4.99. The van der Waals surface area contributed by atoms with Crippen LogP contribution in [-0.2, 0) is 25.0 Å². The summed E-state index contributed by atoms with van der Waals surface area (Å²) in [5.41, 5.74) is -0.660. The smallest absolute Gasteiger partial charge is 0.432 e. The zero-order valence-corrected chi connectivity index (χ0v) is 25.5. The van der Waals surface area contributed by atoms with Crippen molar-refractivity contribution in [1.29, 1.82) is 0 Å². The summed E-state index contributed by atoms with van der Waals surface area (Å²) in [6.07, 6.45) is -3.80. The van der Waals surface area contributed by atoms with Gasteiger partial charge >= 0.3 is 6.09 Å². The molecule has 0 unspecified atom stereocenters. The van der Waals surface area contributed by atoms with Gasteiger partial charge in [-0.05, 0) is 54.8 Å². The van der Waals surface area contributed by atoms with Crippen LogP contribution in [-0.4, -0.2) is 75.8 Å². The van der Waals surface area contributed by atoms with Gasteiger partial charge < -0.3 is 15.3 Å². The summed E-state index contributed by atoms with van der Waals surface area (Å²) in [7, 11) is -3.92. The molecule has 0 radical (unpaired) electrons. The van der Waals surface area contributed by atoms with E-state index >= 15 is 0 Å². The highest BCUT2D eigenvalue weighted by Gasteiger charge is 2.53. The normalized spacial score (nSPS) is 20.5. The predicted octanol–water partition coefficient (Wildman–Crippen LogP) is 4.78. The minimum atomic E-state index is -3.92. The number of pyridine rings is 1. The van der Waals surface area contributed by atoms with Gasteiger partial charge in [0.2, 0.25) is 17.7 Å². The number of hydrogen-bond acceptors (Lipinski definition) is 7. The fraction of sp³-hybridized carbons (Fsp3) is 0.323. The van der Waals surface area contributed by atoms with Gasteiger partial charge in [-0.15, -0.1) is 0 Å². The molecule has 0 bridgehead atoms. The first kappa shape index (κ1) is 32.0. The van der Waals surface area contributed by atoms with Gasteiger partial charge in [0.15, 0.2) is 0 Å². The molecule has 12 nitrogen and oxygen atoms in total. The molecule has 246 valence electrons. The van der Waals surface area contributed by atoms with E-state index in [-0.39, 0.29) is 46.7 Å².